The van der Waals surface area contributed by atoms with Crippen LogP contribution in [0.1, 0.15) is 48.3 Å². The highest BCUT2D eigenvalue weighted by Gasteiger charge is 2.33. The van der Waals surface area contributed by atoms with Crippen LogP contribution >= 0.6 is 0 Å². The maximum absolute atomic E-state index is 12.9. The number of rotatable bonds is 6. The van der Waals surface area contributed by atoms with Crippen molar-refractivity contribution in [1.29, 1.82) is 0 Å². The quantitative estimate of drug-likeness (QED) is 0.565. The zero-order valence-electron chi connectivity index (χ0n) is 15.9. The SMILES string of the molecule is CC(Nc1ccc(C(=O)N2CCCCC2C(=O)O)cc1[N+](=O)[O-])c1ccccn1. The van der Waals surface area contributed by atoms with Crippen molar-refractivity contribution in [3.63, 3.8) is 0 Å². The molecule has 9 nitrogen and oxygen atoms in total. The Bertz CT molecular complexity index is 918. The molecule has 1 saturated heterocycles. The van der Waals surface area contributed by atoms with E-state index in [4.69, 9.17) is 0 Å². The predicted octanol–water partition coefficient (Wildman–Crippen LogP) is 3.24. The minimum absolute atomic E-state index is 0.0980. The number of likely N-dealkylation sites (tertiary alicyclic amines) is 1. The third-order valence-electron chi connectivity index (χ3n) is 4.99. The fourth-order valence-corrected chi connectivity index (χ4v) is 3.47. The molecule has 0 spiro atoms. The van der Waals surface area contributed by atoms with E-state index >= 15 is 0 Å². The van der Waals surface area contributed by atoms with E-state index in [-0.39, 0.29) is 23.0 Å². The summed E-state index contributed by atoms with van der Waals surface area (Å²) in [5, 5.41) is 24.0. The number of nitrogens with zero attached hydrogens (tertiary/aromatic N) is 3. The molecule has 2 heterocycles. The second kappa shape index (κ2) is 8.68. The molecular weight excluding hydrogens is 376 g/mol. The molecule has 29 heavy (non-hydrogen) atoms. The Morgan fingerprint density at radius 2 is 2.10 bits per heavy atom. The van der Waals surface area contributed by atoms with E-state index in [2.05, 4.69) is 10.3 Å². The van der Waals surface area contributed by atoms with Crippen molar-refractivity contribution < 1.29 is 19.6 Å². The van der Waals surface area contributed by atoms with E-state index in [1.54, 1.807) is 12.3 Å². The van der Waals surface area contributed by atoms with Crippen molar-refractivity contribution in [2.45, 2.75) is 38.3 Å². The van der Waals surface area contributed by atoms with Gasteiger partial charge in [0.25, 0.3) is 11.6 Å². The van der Waals surface area contributed by atoms with Gasteiger partial charge in [0.1, 0.15) is 11.7 Å². The lowest BCUT2D eigenvalue weighted by Gasteiger charge is -2.33. The number of carboxylic acids is 1. The molecular formula is C20H22N4O5. The molecule has 1 aromatic carbocycles. The maximum Gasteiger partial charge on any atom is 0.326 e. The van der Waals surface area contributed by atoms with Gasteiger partial charge in [0, 0.05) is 24.4 Å². The first-order chi connectivity index (χ1) is 13.9. The van der Waals surface area contributed by atoms with E-state index in [0.717, 1.165) is 12.1 Å². The summed E-state index contributed by atoms with van der Waals surface area (Å²) in [5.41, 5.74) is 0.834. The summed E-state index contributed by atoms with van der Waals surface area (Å²) in [5.74, 6) is -1.57. The molecule has 1 fully saturated rings. The Labute approximate surface area is 167 Å². The highest BCUT2D eigenvalue weighted by atomic mass is 16.6. The molecule has 2 atom stereocenters. The van der Waals surface area contributed by atoms with Gasteiger partial charge >= 0.3 is 5.97 Å². The molecule has 1 aliphatic heterocycles. The van der Waals surface area contributed by atoms with Gasteiger partial charge in [-0.15, -0.1) is 0 Å². The number of pyridine rings is 1. The molecule has 9 heteroatoms. The van der Waals surface area contributed by atoms with Crippen LogP contribution < -0.4 is 5.32 Å². The number of carboxylic acid groups (broad SMARTS) is 1. The Hall–Kier alpha value is -3.49. The lowest BCUT2D eigenvalue weighted by Crippen LogP contribution is -2.48. The van der Waals surface area contributed by atoms with E-state index < -0.39 is 22.8 Å². The van der Waals surface area contributed by atoms with Crippen molar-refractivity contribution >= 4 is 23.3 Å². The standard InChI is InChI=1S/C20H22N4O5/c1-13(15-6-2-4-10-21-15)22-16-9-8-14(12-18(16)24(28)29)19(25)23-11-5-3-7-17(23)20(26)27/h2,4,6,8-10,12-13,17,22H,3,5,7,11H2,1H3,(H,26,27). The maximum atomic E-state index is 12.9. The number of aromatic nitrogens is 1. The summed E-state index contributed by atoms with van der Waals surface area (Å²) in [6.45, 7) is 2.15. The van der Waals surface area contributed by atoms with Crippen LogP contribution in [0.4, 0.5) is 11.4 Å². The fraction of sp³-hybridized carbons (Fsp3) is 0.350. The van der Waals surface area contributed by atoms with Crippen molar-refractivity contribution in [3.05, 3.63) is 64.0 Å². The van der Waals surface area contributed by atoms with E-state index in [1.807, 2.05) is 19.1 Å². The molecule has 3 rings (SSSR count). The molecule has 2 aromatic rings. The van der Waals surface area contributed by atoms with Crippen LogP contribution in [0.15, 0.2) is 42.6 Å². The second-order valence-electron chi connectivity index (χ2n) is 6.96. The van der Waals surface area contributed by atoms with Gasteiger partial charge in [-0.3, -0.25) is 19.9 Å². The van der Waals surface area contributed by atoms with Crippen LogP contribution in [0.3, 0.4) is 0 Å². The number of anilines is 1. The number of amides is 1. The van der Waals surface area contributed by atoms with Crippen molar-refractivity contribution in [2.24, 2.45) is 0 Å². The number of benzene rings is 1. The summed E-state index contributed by atoms with van der Waals surface area (Å²) < 4.78 is 0. The summed E-state index contributed by atoms with van der Waals surface area (Å²) >= 11 is 0. The van der Waals surface area contributed by atoms with Gasteiger partial charge in [-0.05, 0) is 50.5 Å². The van der Waals surface area contributed by atoms with Gasteiger partial charge < -0.3 is 15.3 Å². The number of nitro groups is 1. The topological polar surface area (TPSA) is 126 Å². The van der Waals surface area contributed by atoms with Gasteiger partial charge in [0.2, 0.25) is 0 Å². The molecule has 0 bridgehead atoms. The summed E-state index contributed by atoms with van der Waals surface area (Å²) in [4.78, 5) is 40.9. The highest BCUT2D eigenvalue weighted by molar-refractivity contribution is 5.98. The Balaban J connectivity index is 1.86. The molecule has 2 unspecified atom stereocenters. The van der Waals surface area contributed by atoms with Crippen LogP contribution in [0.25, 0.3) is 0 Å². The minimum Gasteiger partial charge on any atom is -0.480 e. The fourth-order valence-electron chi connectivity index (χ4n) is 3.47. The average molecular weight is 398 g/mol. The molecule has 1 aliphatic rings. The summed E-state index contributed by atoms with van der Waals surface area (Å²) in [6.07, 6.45) is 3.46. The molecule has 2 N–H and O–H groups in total. The molecule has 1 aromatic heterocycles. The molecule has 0 aliphatic carbocycles. The number of carbonyl (C=O) groups is 2. The number of hydrogen-bond acceptors (Lipinski definition) is 6. The summed E-state index contributed by atoms with van der Waals surface area (Å²) in [7, 11) is 0. The van der Waals surface area contributed by atoms with Gasteiger partial charge in [0.05, 0.1) is 16.7 Å². The normalized spacial score (nSPS) is 17.4. The smallest absolute Gasteiger partial charge is 0.326 e. The first kappa shape index (κ1) is 20.2. The first-order valence-corrected chi connectivity index (χ1v) is 9.38. The molecule has 152 valence electrons. The molecule has 0 radical (unpaired) electrons. The van der Waals surface area contributed by atoms with Crippen molar-refractivity contribution in [1.82, 2.24) is 9.88 Å². The van der Waals surface area contributed by atoms with Crippen LogP contribution in [-0.2, 0) is 4.79 Å². The zero-order valence-corrected chi connectivity index (χ0v) is 15.9. The second-order valence-corrected chi connectivity index (χ2v) is 6.96. The summed E-state index contributed by atoms with van der Waals surface area (Å²) in [6, 6.07) is 8.39. The van der Waals surface area contributed by atoms with Gasteiger partial charge in [-0.25, -0.2) is 4.79 Å². The Kier molecular flexibility index (Phi) is 6.06. The first-order valence-electron chi connectivity index (χ1n) is 9.38. The van der Waals surface area contributed by atoms with Crippen LogP contribution in [0, 0.1) is 10.1 Å². The van der Waals surface area contributed by atoms with Crippen molar-refractivity contribution in [3.8, 4) is 0 Å². The van der Waals surface area contributed by atoms with Crippen LogP contribution in [0.2, 0.25) is 0 Å². The number of carbonyl (C=O) groups excluding carboxylic acids is 1. The lowest BCUT2D eigenvalue weighted by molar-refractivity contribution is -0.384. The Morgan fingerprint density at radius 1 is 1.31 bits per heavy atom. The van der Waals surface area contributed by atoms with E-state index in [0.29, 0.717) is 19.4 Å². The van der Waals surface area contributed by atoms with Gasteiger partial charge in [-0.1, -0.05) is 6.07 Å². The number of aliphatic carboxylic acids is 1. The molecule has 0 saturated carbocycles. The molecule has 1 amide bonds. The number of hydrogen-bond donors (Lipinski definition) is 2. The average Bonchev–Trinajstić information content (AvgIpc) is 2.73. The third-order valence-corrected chi connectivity index (χ3v) is 4.99. The number of nitro benzene ring substituents is 1. The monoisotopic (exact) mass is 398 g/mol. The van der Waals surface area contributed by atoms with Gasteiger partial charge in [-0.2, -0.15) is 0 Å². The van der Waals surface area contributed by atoms with E-state index in [9.17, 15) is 24.8 Å². The largest absolute Gasteiger partial charge is 0.480 e. The third kappa shape index (κ3) is 4.50. The van der Waals surface area contributed by atoms with Crippen molar-refractivity contribution in [2.75, 3.05) is 11.9 Å². The number of nitrogens with one attached hydrogen (secondary N) is 1. The highest BCUT2D eigenvalue weighted by Crippen LogP contribution is 2.30. The Morgan fingerprint density at radius 3 is 2.76 bits per heavy atom. The van der Waals surface area contributed by atoms with Crippen LogP contribution in [-0.4, -0.2) is 44.4 Å². The predicted molar refractivity (Wildman–Crippen MR) is 106 cm³/mol. The van der Waals surface area contributed by atoms with Crippen LogP contribution in [0.5, 0.6) is 0 Å². The number of piperidine rings is 1. The van der Waals surface area contributed by atoms with E-state index in [1.165, 1.54) is 23.1 Å². The minimum atomic E-state index is -1.06. The lowest BCUT2D eigenvalue weighted by atomic mass is 10.0. The van der Waals surface area contributed by atoms with Gasteiger partial charge in [0.15, 0.2) is 0 Å². The zero-order chi connectivity index (χ0) is 21.0.